The van der Waals surface area contributed by atoms with E-state index in [0.717, 1.165) is 22.7 Å². The van der Waals surface area contributed by atoms with Gasteiger partial charge >= 0.3 is 0 Å². The molecule has 0 N–H and O–H groups in total. The molecule has 69 heavy (non-hydrogen) atoms. The number of aromatic nitrogens is 1. The Labute approximate surface area is 405 Å². The standard InChI is InChI=1S/C66H48N2Si/c1-5-17-49(18-6-1)50-29-39-55(40-30-50)67(56-41-31-51(32-42-56)52-35-45-58(46-36-52)68-65-27-15-13-25-63(65)64-26-14-16-28-66(64)68)57-43-33-53(34-44-57)54-37-47-62(48-38-54)69(59-19-7-2-8-20-59,60-21-9-3-10-22-60)61-23-11-4-12-24-61/h1-48H. The molecule has 0 unspecified atom stereocenters. The molecule has 326 valence electrons. The summed E-state index contributed by atoms with van der Waals surface area (Å²) in [6, 6.07) is 107. The zero-order valence-electron chi connectivity index (χ0n) is 38.1. The molecule has 1 aromatic heterocycles. The average molecular weight is 897 g/mol. The smallest absolute Gasteiger partial charge is 0.179 e. The van der Waals surface area contributed by atoms with Gasteiger partial charge in [-0.05, 0) is 115 Å². The van der Waals surface area contributed by atoms with E-state index in [1.54, 1.807) is 0 Å². The van der Waals surface area contributed by atoms with Crippen LogP contribution in [0.15, 0.2) is 291 Å². The maximum absolute atomic E-state index is 2.61. The third-order valence-corrected chi connectivity index (χ3v) is 18.6. The van der Waals surface area contributed by atoms with Gasteiger partial charge in [0, 0.05) is 33.5 Å². The molecular formula is C66H48N2Si. The predicted molar refractivity (Wildman–Crippen MR) is 295 cm³/mol. The first-order valence-corrected chi connectivity index (χ1v) is 25.7. The van der Waals surface area contributed by atoms with Crippen LogP contribution in [0.25, 0.3) is 60.9 Å². The van der Waals surface area contributed by atoms with Crippen molar-refractivity contribution in [2.45, 2.75) is 0 Å². The van der Waals surface area contributed by atoms with Crippen molar-refractivity contribution in [1.29, 1.82) is 0 Å². The minimum atomic E-state index is -2.61. The van der Waals surface area contributed by atoms with Crippen LogP contribution < -0.4 is 25.6 Å². The number of fused-ring (bicyclic) bond motifs is 3. The van der Waals surface area contributed by atoms with Crippen LogP contribution in [0, 0.1) is 0 Å². The first kappa shape index (κ1) is 41.7. The van der Waals surface area contributed by atoms with Crippen LogP contribution in [0.1, 0.15) is 0 Å². The van der Waals surface area contributed by atoms with Crippen LogP contribution >= 0.6 is 0 Å². The maximum Gasteiger partial charge on any atom is 0.179 e. The van der Waals surface area contributed by atoms with Gasteiger partial charge < -0.3 is 9.47 Å². The molecule has 0 bridgehead atoms. The predicted octanol–water partition coefficient (Wildman–Crippen LogP) is 14.6. The van der Waals surface area contributed by atoms with Crippen molar-refractivity contribution in [2.75, 3.05) is 4.90 Å². The zero-order valence-corrected chi connectivity index (χ0v) is 39.1. The Morgan fingerprint density at radius 2 is 0.507 bits per heavy atom. The van der Waals surface area contributed by atoms with Gasteiger partial charge in [0.05, 0.1) is 11.0 Å². The molecule has 11 aromatic carbocycles. The molecular weight excluding hydrogens is 849 g/mol. The minimum Gasteiger partial charge on any atom is -0.311 e. The Hall–Kier alpha value is -8.76. The van der Waals surface area contributed by atoms with Crippen molar-refractivity contribution >= 4 is 67.7 Å². The molecule has 0 fully saturated rings. The number of nitrogens with zero attached hydrogens (tertiary/aromatic N) is 2. The second-order valence-corrected chi connectivity index (χ2v) is 21.5. The highest BCUT2D eigenvalue weighted by Crippen LogP contribution is 2.38. The van der Waals surface area contributed by atoms with Crippen molar-refractivity contribution < 1.29 is 0 Å². The summed E-state index contributed by atoms with van der Waals surface area (Å²) in [7, 11) is -2.61. The molecule has 0 aliphatic heterocycles. The van der Waals surface area contributed by atoms with E-state index >= 15 is 0 Å². The lowest BCUT2D eigenvalue weighted by Gasteiger charge is -2.34. The summed E-state index contributed by atoms with van der Waals surface area (Å²) in [5.41, 5.74) is 14.0. The van der Waals surface area contributed by atoms with Crippen molar-refractivity contribution in [2.24, 2.45) is 0 Å². The van der Waals surface area contributed by atoms with E-state index in [2.05, 4.69) is 301 Å². The van der Waals surface area contributed by atoms with Crippen LogP contribution in [0.4, 0.5) is 17.1 Å². The zero-order chi connectivity index (χ0) is 46.0. The molecule has 0 saturated carbocycles. The Bertz CT molecular complexity index is 3500. The van der Waals surface area contributed by atoms with Gasteiger partial charge in [-0.3, -0.25) is 0 Å². The van der Waals surface area contributed by atoms with Crippen molar-refractivity contribution in [1.82, 2.24) is 4.57 Å². The van der Waals surface area contributed by atoms with Gasteiger partial charge in [-0.2, -0.15) is 0 Å². The molecule has 0 spiro atoms. The van der Waals surface area contributed by atoms with Crippen molar-refractivity contribution in [3.05, 3.63) is 291 Å². The average Bonchev–Trinajstić information content (AvgIpc) is 3.78. The quantitative estimate of drug-likeness (QED) is 0.0928. The lowest BCUT2D eigenvalue weighted by Crippen LogP contribution is -2.74. The summed E-state index contributed by atoms with van der Waals surface area (Å²) < 4.78 is 2.37. The Balaban J connectivity index is 0.878. The second-order valence-electron chi connectivity index (χ2n) is 17.7. The molecule has 2 nitrogen and oxygen atoms in total. The molecule has 12 rings (SSSR count). The summed E-state index contributed by atoms with van der Waals surface area (Å²) >= 11 is 0. The molecule has 0 amide bonds. The number of anilines is 3. The summed E-state index contributed by atoms with van der Waals surface area (Å²) in [5, 5.41) is 8.02. The van der Waals surface area contributed by atoms with Gasteiger partial charge in [0.25, 0.3) is 0 Å². The molecule has 0 saturated heterocycles. The summed E-state index contributed by atoms with van der Waals surface area (Å²) in [5.74, 6) is 0. The van der Waals surface area contributed by atoms with Gasteiger partial charge in [-0.15, -0.1) is 0 Å². The molecule has 3 heteroatoms. The van der Waals surface area contributed by atoms with Crippen LogP contribution in [-0.4, -0.2) is 12.6 Å². The third kappa shape index (κ3) is 7.65. The van der Waals surface area contributed by atoms with Crippen LogP contribution in [-0.2, 0) is 0 Å². The van der Waals surface area contributed by atoms with Crippen LogP contribution in [0.3, 0.4) is 0 Å². The number of hydrogen-bond donors (Lipinski definition) is 0. The molecule has 0 radical (unpaired) electrons. The number of hydrogen-bond acceptors (Lipinski definition) is 1. The van der Waals surface area contributed by atoms with E-state index in [1.807, 2.05) is 0 Å². The SMILES string of the molecule is c1ccc(-c2ccc(N(c3ccc(-c4ccc(-n5c6ccccc6c6ccccc65)cc4)cc3)c3ccc(-c4ccc([Si](c5ccccc5)(c5ccccc5)c5ccccc5)cc4)cc3)cc2)cc1. The highest BCUT2D eigenvalue weighted by atomic mass is 28.3. The highest BCUT2D eigenvalue weighted by molar-refractivity contribution is 7.19. The molecule has 1 heterocycles. The monoisotopic (exact) mass is 896 g/mol. The molecule has 0 atom stereocenters. The lowest BCUT2D eigenvalue weighted by molar-refractivity contribution is 1.18. The van der Waals surface area contributed by atoms with E-state index in [0.29, 0.717) is 0 Å². The number of rotatable bonds is 11. The van der Waals surface area contributed by atoms with Gasteiger partial charge in [0.1, 0.15) is 0 Å². The van der Waals surface area contributed by atoms with Gasteiger partial charge in [0.15, 0.2) is 8.07 Å². The second kappa shape index (κ2) is 18.1. The van der Waals surface area contributed by atoms with E-state index in [-0.39, 0.29) is 0 Å². The lowest BCUT2D eigenvalue weighted by atomic mass is 10.0. The Morgan fingerprint density at radius 1 is 0.232 bits per heavy atom. The first-order chi connectivity index (χ1) is 34.2. The Morgan fingerprint density at radius 3 is 0.884 bits per heavy atom. The van der Waals surface area contributed by atoms with E-state index in [9.17, 15) is 0 Å². The minimum absolute atomic E-state index is 1.09. The topological polar surface area (TPSA) is 8.17 Å². The summed E-state index contributed by atoms with van der Waals surface area (Å²) in [6.07, 6.45) is 0. The fourth-order valence-corrected chi connectivity index (χ4v) is 15.2. The highest BCUT2D eigenvalue weighted by Gasteiger charge is 2.41. The van der Waals surface area contributed by atoms with E-state index in [1.165, 1.54) is 75.9 Å². The fraction of sp³-hybridized carbons (Fsp3) is 0. The summed E-state index contributed by atoms with van der Waals surface area (Å²) in [4.78, 5) is 2.36. The number of benzene rings is 11. The molecule has 0 aliphatic carbocycles. The molecule has 0 aliphatic rings. The molecule has 12 aromatic rings. The van der Waals surface area contributed by atoms with Gasteiger partial charge in [-0.1, -0.05) is 231 Å². The largest absolute Gasteiger partial charge is 0.311 e. The fourth-order valence-electron chi connectivity index (χ4n) is 10.5. The number of para-hydroxylation sites is 2. The van der Waals surface area contributed by atoms with Gasteiger partial charge in [0.2, 0.25) is 0 Å². The Kier molecular flexibility index (Phi) is 11.0. The van der Waals surface area contributed by atoms with Crippen molar-refractivity contribution in [3.63, 3.8) is 0 Å². The third-order valence-electron chi connectivity index (χ3n) is 13.8. The van der Waals surface area contributed by atoms with E-state index in [4.69, 9.17) is 0 Å². The van der Waals surface area contributed by atoms with Gasteiger partial charge in [-0.25, -0.2) is 0 Å². The van der Waals surface area contributed by atoms with Crippen molar-refractivity contribution in [3.8, 4) is 39.1 Å². The van der Waals surface area contributed by atoms with Crippen LogP contribution in [0.2, 0.25) is 0 Å². The maximum atomic E-state index is 2.38. The van der Waals surface area contributed by atoms with E-state index < -0.39 is 8.07 Å². The first-order valence-electron chi connectivity index (χ1n) is 23.7. The normalized spacial score (nSPS) is 11.5. The summed E-state index contributed by atoms with van der Waals surface area (Å²) in [6.45, 7) is 0. The van der Waals surface area contributed by atoms with Crippen LogP contribution in [0.5, 0.6) is 0 Å².